The topological polar surface area (TPSA) is 57.2 Å². The van der Waals surface area contributed by atoms with Gasteiger partial charge in [-0.1, -0.05) is 6.92 Å². The summed E-state index contributed by atoms with van der Waals surface area (Å²) < 4.78 is 0. The summed E-state index contributed by atoms with van der Waals surface area (Å²) in [5, 5.41) is 3.24. The summed E-state index contributed by atoms with van der Waals surface area (Å²) in [7, 11) is 5.95. The number of hydrogen-bond acceptors (Lipinski definition) is 6. The summed E-state index contributed by atoms with van der Waals surface area (Å²) in [4.78, 5) is 17.5. The third-order valence-electron chi connectivity index (χ3n) is 3.12. The highest BCUT2D eigenvalue weighted by Gasteiger charge is 2.24. The Balaban J connectivity index is 2.16. The summed E-state index contributed by atoms with van der Waals surface area (Å²) in [6.45, 7) is 4.04. The normalized spacial score (nSPS) is 14.3. The van der Waals surface area contributed by atoms with Gasteiger partial charge in [0.1, 0.15) is 0 Å². The molecule has 1 saturated carbocycles. The maximum atomic E-state index is 4.51. The fraction of sp³-hybridized carbons (Fsp3) is 0.769. The van der Waals surface area contributed by atoms with Crippen LogP contribution in [0.4, 0.5) is 17.8 Å². The molecule has 0 atom stereocenters. The maximum absolute atomic E-state index is 4.51. The third kappa shape index (κ3) is 3.94. The van der Waals surface area contributed by atoms with Crippen molar-refractivity contribution in [2.75, 3.05) is 49.3 Å². The third-order valence-corrected chi connectivity index (χ3v) is 3.12. The van der Waals surface area contributed by atoms with E-state index in [2.05, 4.69) is 39.1 Å². The molecule has 0 unspecified atom stereocenters. The highest BCUT2D eigenvalue weighted by atomic mass is 15.3. The molecule has 106 valence electrons. The van der Waals surface area contributed by atoms with Gasteiger partial charge in [0.15, 0.2) is 0 Å². The van der Waals surface area contributed by atoms with Crippen molar-refractivity contribution >= 4 is 17.8 Å². The van der Waals surface area contributed by atoms with E-state index in [-0.39, 0.29) is 0 Å². The van der Waals surface area contributed by atoms with E-state index in [4.69, 9.17) is 0 Å². The maximum Gasteiger partial charge on any atom is 0.231 e. The second-order valence-electron chi connectivity index (χ2n) is 5.40. The second-order valence-corrected chi connectivity index (χ2v) is 5.40. The van der Waals surface area contributed by atoms with E-state index in [1.165, 1.54) is 12.8 Å². The van der Waals surface area contributed by atoms with Crippen LogP contribution in [-0.2, 0) is 0 Å². The molecule has 0 spiro atoms. The van der Waals surface area contributed by atoms with Gasteiger partial charge in [-0.3, -0.25) is 0 Å². The lowest BCUT2D eigenvalue weighted by Crippen LogP contribution is -2.25. The fourth-order valence-corrected chi connectivity index (χ4v) is 1.81. The average Bonchev–Trinajstić information content (AvgIpc) is 3.19. The Morgan fingerprint density at radius 1 is 1.11 bits per heavy atom. The van der Waals surface area contributed by atoms with Gasteiger partial charge in [0.2, 0.25) is 17.8 Å². The van der Waals surface area contributed by atoms with Crippen LogP contribution in [-0.4, -0.2) is 49.2 Å². The summed E-state index contributed by atoms with van der Waals surface area (Å²) in [5.74, 6) is 2.94. The fourth-order valence-electron chi connectivity index (χ4n) is 1.81. The molecule has 1 heterocycles. The van der Waals surface area contributed by atoms with Crippen LogP contribution in [0.3, 0.4) is 0 Å². The van der Waals surface area contributed by atoms with E-state index in [1.807, 2.05) is 19.0 Å². The number of hydrogen-bond donors (Lipinski definition) is 1. The van der Waals surface area contributed by atoms with Crippen molar-refractivity contribution in [2.24, 2.45) is 5.92 Å². The lowest BCUT2D eigenvalue weighted by Gasteiger charge is -2.19. The summed E-state index contributed by atoms with van der Waals surface area (Å²) in [6.07, 6.45) is 3.71. The lowest BCUT2D eigenvalue weighted by molar-refractivity contribution is 0.757. The van der Waals surface area contributed by atoms with Gasteiger partial charge in [-0.2, -0.15) is 15.0 Å². The molecule has 19 heavy (non-hydrogen) atoms. The number of aromatic nitrogens is 3. The SMILES string of the molecule is CCCNc1nc(N(C)C)nc(N(C)CC2CC2)n1. The molecule has 0 amide bonds. The smallest absolute Gasteiger partial charge is 0.231 e. The van der Waals surface area contributed by atoms with Crippen LogP contribution in [0.1, 0.15) is 26.2 Å². The Labute approximate surface area is 115 Å². The zero-order chi connectivity index (χ0) is 13.8. The van der Waals surface area contributed by atoms with Gasteiger partial charge in [-0.05, 0) is 25.2 Å². The van der Waals surface area contributed by atoms with Gasteiger partial charge in [0.25, 0.3) is 0 Å². The summed E-state index contributed by atoms with van der Waals surface area (Å²) in [5.41, 5.74) is 0. The van der Waals surface area contributed by atoms with E-state index in [1.54, 1.807) is 0 Å². The zero-order valence-electron chi connectivity index (χ0n) is 12.3. The van der Waals surface area contributed by atoms with Gasteiger partial charge in [0.05, 0.1) is 0 Å². The van der Waals surface area contributed by atoms with Crippen LogP contribution < -0.4 is 15.1 Å². The van der Waals surface area contributed by atoms with Crippen LogP contribution in [0.5, 0.6) is 0 Å². The standard InChI is InChI=1S/C13H24N6/c1-5-8-14-11-15-12(18(2)3)17-13(16-11)19(4)9-10-6-7-10/h10H,5-9H2,1-4H3,(H,14,15,16,17). The first-order chi connectivity index (χ1) is 9.10. The van der Waals surface area contributed by atoms with Crippen LogP contribution in [0, 0.1) is 5.92 Å². The molecule has 1 aliphatic rings. The Morgan fingerprint density at radius 2 is 1.79 bits per heavy atom. The molecular formula is C13H24N6. The van der Waals surface area contributed by atoms with Gasteiger partial charge in [-0.15, -0.1) is 0 Å². The van der Waals surface area contributed by atoms with Gasteiger partial charge in [-0.25, -0.2) is 0 Å². The number of nitrogens with zero attached hydrogens (tertiary/aromatic N) is 5. The highest BCUT2D eigenvalue weighted by molar-refractivity contribution is 5.44. The minimum atomic E-state index is 0.665. The zero-order valence-corrected chi connectivity index (χ0v) is 12.3. The molecule has 0 aliphatic heterocycles. The van der Waals surface area contributed by atoms with Crippen molar-refractivity contribution in [3.8, 4) is 0 Å². The Bertz CT molecular complexity index is 416. The first-order valence-electron chi connectivity index (χ1n) is 6.98. The number of rotatable bonds is 7. The van der Waals surface area contributed by atoms with Crippen molar-refractivity contribution in [3.63, 3.8) is 0 Å². The van der Waals surface area contributed by atoms with Gasteiger partial charge in [0, 0.05) is 34.2 Å². The Kier molecular flexibility index (Phi) is 4.39. The van der Waals surface area contributed by atoms with Crippen molar-refractivity contribution in [2.45, 2.75) is 26.2 Å². The highest BCUT2D eigenvalue weighted by Crippen LogP contribution is 2.30. The lowest BCUT2D eigenvalue weighted by atomic mass is 10.4. The number of anilines is 3. The average molecular weight is 264 g/mol. The first-order valence-corrected chi connectivity index (χ1v) is 6.98. The van der Waals surface area contributed by atoms with E-state index in [0.717, 1.165) is 31.4 Å². The van der Waals surface area contributed by atoms with Crippen molar-refractivity contribution in [3.05, 3.63) is 0 Å². The van der Waals surface area contributed by atoms with E-state index in [0.29, 0.717) is 11.9 Å². The molecule has 0 saturated heterocycles. The molecule has 6 heteroatoms. The number of nitrogens with one attached hydrogen (secondary N) is 1. The Morgan fingerprint density at radius 3 is 2.37 bits per heavy atom. The molecule has 1 aromatic rings. The van der Waals surface area contributed by atoms with Crippen molar-refractivity contribution in [1.82, 2.24) is 15.0 Å². The van der Waals surface area contributed by atoms with Crippen molar-refractivity contribution < 1.29 is 0 Å². The van der Waals surface area contributed by atoms with Gasteiger partial charge < -0.3 is 15.1 Å². The molecule has 1 N–H and O–H groups in total. The molecular weight excluding hydrogens is 240 g/mol. The molecule has 0 bridgehead atoms. The summed E-state index contributed by atoms with van der Waals surface area (Å²) >= 11 is 0. The molecule has 2 rings (SSSR count). The minimum absolute atomic E-state index is 0.665. The van der Waals surface area contributed by atoms with E-state index < -0.39 is 0 Å². The van der Waals surface area contributed by atoms with Crippen LogP contribution >= 0.6 is 0 Å². The predicted molar refractivity (Wildman–Crippen MR) is 78.9 cm³/mol. The first kappa shape index (κ1) is 13.8. The molecule has 1 fully saturated rings. The minimum Gasteiger partial charge on any atom is -0.354 e. The molecule has 0 radical (unpaired) electrons. The largest absolute Gasteiger partial charge is 0.354 e. The summed E-state index contributed by atoms with van der Waals surface area (Å²) in [6, 6.07) is 0. The predicted octanol–water partition coefficient (Wildman–Crippen LogP) is 1.61. The van der Waals surface area contributed by atoms with Gasteiger partial charge >= 0.3 is 0 Å². The molecule has 0 aromatic carbocycles. The van der Waals surface area contributed by atoms with E-state index in [9.17, 15) is 0 Å². The Hall–Kier alpha value is -1.59. The monoisotopic (exact) mass is 264 g/mol. The van der Waals surface area contributed by atoms with Crippen LogP contribution in [0.15, 0.2) is 0 Å². The van der Waals surface area contributed by atoms with Crippen LogP contribution in [0.2, 0.25) is 0 Å². The van der Waals surface area contributed by atoms with E-state index >= 15 is 0 Å². The quantitative estimate of drug-likeness (QED) is 0.807. The van der Waals surface area contributed by atoms with Crippen LogP contribution in [0.25, 0.3) is 0 Å². The second kappa shape index (κ2) is 6.04. The molecule has 1 aromatic heterocycles. The molecule has 6 nitrogen and oxygen atoms in total. The molecule has 1 aliphatic carbocycles. The van der Waals surface area contributed by atoms with Crippen molar-refractivity contribution in [1.29, 1.82) is 0 Å².